The van der Waals surface area contributed by atoms with E-state index in [1.54, 1.807) is 0 Å². The molecule has 0 N–H and O–H groups in total. The van der Waals surface area contributed by atoms with Crippen LogP contribution < -0.4 is 0 Å². The Hall–Kier alpha value is -1.33. The standard InChI is InChI=1S/C17H19OP/c1-19(18)16(14-8-4-2-5-9-14)12-13-17(19)15-10-6-3-7-11-15/h2-11,16-17H,12-13H2,1H3/t16-,17-/m0/s1. The third kappa shape index (κ3) is 2.28. The zero-order valence-electron chi connectivity index (χ0n) is 11.2. The Balaban J connectivity index is 1.95. The van der Waals surface area contributed by atoms with Gasteiger partial charge in [-0.2, -0.15) is 0 Å². The smallest absolute Gasteiger partial charge is 0.0990 e. The van der Waals surface area contributed by atoms with Crippen LogP contribution in [0.5, 0.6) is 0 Å². The van der Waals surface area contributed by atoms with Crippen molar-refractivity contribution in [2.45, 2.75) is 24.2 Å². The summed E-state index contributed by atoms with van der Waals surface area (Å²) in [6.45, 7) is 2.00. The minimum absolute atomic E-state index is 0.235. The van der Waals surface area contributed by atoms with Gasteiger partial charge < -0.3 is 4.57 Å². The Bertz CT molecular complexity index is 540. The molecule has 0 amide bonds. The van der Waals surface area contributed by atoms with E-state index in [0.29, 0.717) is 0 Å². The summed E-state index contributed by atoms with van der Waals surface area (Å²) in [6.07, 6.45) is 2.08. The molecule has 0 radical (unpaired) electrons. The summed E-state index contributed by atoms with van der Waals surface area (Å²) in [4.78, 5) is 0. The van der Waals surface area contributed by atoms with Gasteiger partial charge >= 0.3 is 0 Å². The van der Waals surface area contributed by atoms with Gasteiger partial charge in [0.2, 0.25) is 0 Å². The average molecular weight is 270 g/mol. The lowest BCUT2D eigenvalue weighted by Crippen LogP contribution is -1.97. The van der Waals surface area contributed by atoms with Crippen molar-refractivity contribution in [2.75, 3.05) is 6.66 Å². The van der Waals surface area contributed by atoms with Gasteiger partial charge in [-0.05, 0) is 30.6 Å². The van der Waals surface area contributed by atoms with Crippen molar-refractivity contribution in [1.82, 2.24) is 0 Å². The molecule has 0 spiro atoms. The fourth-order valence-electron chi connectivity index (χ4n) is 3.32. The Kier molecular flexibility index (Phi) is 3.33. The average Bonchev–Trinajstić information content (AvgIpc) is 2.76. The topological polar surface area (TPSA) is 17.1 Å². The van der Waals surface area contributed by atoms with Crippen molar-refractivity contribution in [2.24, 2.45) is 0 Å². The normalized spacial score (nSPS) is 25.3. The molecule has 2 heteroatoms. The lowest BCUT2D eigenvalue weighted by atomic mass is 10.0. The molecule has 1 saturated heterocycles. The second kappa shape index (κ2) is 4.98. The Labute approximate surface area is 115 Å². The van der Waals surface area contributed by atoms with Crippen LogP contribution in [0, 0.1) is 0 Å². The first kappa shape index (κ1) is 12.7. The van der Waals surface area contributed by atoms with Crippen molar-refractivity contribution >= 4 is 7.14 Å². The van der Waals surface area contributed by atoms with Crippen molar-refractivity contribution in [3.8, 4) is 0 Å². The van der Waals surface area contributed by atoms with Crippen LogP contribution in [0.2, 0.25) is 0 Å². The highest BCUT2D eigenvalue weighted by atomic mass is 31.2. The van der Waals surface area contributed by atoms with Crippen molar-refractivity contribution in [3.05, 3.63) is 71.8 Å². The zero-order valence-corrected chi connectivity index (χ0v) is 12.1. The Morgan fingerprint density at radius 3 is 1.53 bits per heavy atom. The fraction of sp³-hybridized carbons (Fsp3) is 0.294. The Morgan fingerprint density at radius 1 is 0.789 bits per heavy atom. The predicted molar refractivity (Wildman–Crippen MR) is 81.1 cm³/mol. The third-order valence-electron chi connectivity index (χ3n) is 4.32. The number of rotatable bonds is 2. The van der Waals surface area contributed by atoms with Gasteiger partial charge in [0.1, 0.15) is 0 Å². The predicted octanol–water partition coefficient (Wildman–Crippen LogP) is 5.26. The van der Waals surface area contributed by atoms with E-state index >= 15 is 0 Å². The molecule has 0 aliphatic carbocycles. The summed E-state index contributed by atoms with van der Waals surface area (Å²) in [6, 6.07) is 20.7. The summed E-state index contributed by atoms with van der Waals surface area (Å²) >= 11 is 0. The highest BCUT2D eigenvalue weighted by Gasteiger charge is 2.43. The summed E-state index contributed by atoms with van der Waals surface area (Å²) < 4.78 is 13.3. The molecule has 3 rings (SSSR count). The molecular formula is C17H19OP. The van der Waals surface area contributed by atoms with E-state index in [0.717, 1.165) is 12.8 Å². The van der Waals surface area contributed by atoms with E-state index in [1.165, 1.54) is 11.1 Å². The summed E-state index contributed by atoms with van der Waals surface area (Å²) in [7, 11) is -2.21. The molecule has 1 aliphatic heterocycles. The van der Waals surface area contributed by atoms with Gasteiger partial charge in [0.25, 0.3) is 0 Å². The van der Waals surface area contributed by atoms with E-state index in [9.17, 15) is 4.57 Å². The molecule has 98 valence electrons. The Morgan fingerprint density at radius 2 is 1.16 bits per heavy atom. The van der Waals surface area contributed by atoms with Gasteiger partial charge in [-0.3, -0.25) is 0 Å². The monoisotopic (exact) mass is 270 g/mol. The molecule has 1 fully saturated rings. The minimum Gasteiger partial charge on any atom is -0.323 e. The fourth-order valence-corrected chi connectivity index (χ4v) is 6.61. The summed E-state index contributed by atoms with van der Waals surface area (Å²) in [5.74, 6) is 0. The maximum absolute atomic E-state index is 13.3. The van der Waals surface area contributed by atoms with Crippen molar-refractivity contribution < 1.29 is 4.57 Å². The molecule has 1 nitrogen and oxygen atoms in total. The van der Waals surface area contributed by atoms with E-state index in [4.69, 9.17) is 0 Å². The molecule has 2 atom stereocenters. The molecule has 2 aromatic carbocycles. The second-order valence-electron chi connectivity index (χ2n) is 5.49. The van der Waals surface area contributed by atoms with E-state index in [1.807, 2.05) is 43.1 Å². The molecule has 1 heterocycles. The lowest BCUT2D eigenvalue weighted by Gasteiger charge is -2.22. The molecule has 0 saturated carbocycles. The van der Waals surface area contributed by atoms with Crippen LogP contribution in [-0.4, -0.2) is 6.66 Å². The first-order valence-electron chi connectivity index (χ1n) is 6.86. The SMILES string of the molecule is CP1(=O)[C@H](c2ccccc2)CC[C@H]1c1ccccc1. The zero-order chi connectivity index (χ0) is 13.3. The van der Waals surface area contributed by atoms with Gasteiger partial charge in [0.15, 0.2) is 0 Å². The van der Waals surface area contributed by atoms with E-state index in [-0.39, 0.29) is 11.3 Å². The molecule has 0 unspecified atom stereocenters. The van der Waals surface area contributed by atoms with Crippen LogP contribution in [0.4, 0.5) is 0 Å². The largest absolute Gasteiger partial charge is 0.323 e. The minimum atomic E-state index is -2.21. The summed E-state index contributed by atoms with van der Waals surface area (Å²) in [5.41, 5.74) is 2.95. The molecule has 19 heavy (non-hydrogen) atoms. The lowest BCUT2D eigenvalue weighted by molar-refractivity contribution is 0.571. The highest BCUT2D eigenvalue weighted by Crippen LogP contribution is 2.74. The molecule has 1 aliphatic rings. The van der Waals surface area contributed by atoms with Crippen LogP contribution >= 0.6 is 7.14 Å². The van der Waals surface area contributed by atoms with Gasteiger partial charge in [0.05, 0.1) is 7.14 Å². The quantitative estimate of drug-likeness (QED) is 0.681. The van der Waals surface area contributed by atoms with Crippen LogP contribution in [-0.2, 0) is 4.57 Å². The van der Waals surface area contributed by atoms with Crippen molar-refractivity contribution in [1.29, 1.82) is 0 Å². The summed E-state index contributed by atoms with van der Waals surface area (Å²) in [5, 5.41) is 0. The van der Waals surface area contributed by atoms with Crippen LogP contribution in [0.3, 0.4) is 0 Å². The molecule has 0 aromatic heterocycles. The van der Waals surface area contributed by atoms with E-state index < -0.39 is 7.14 Å². The first-order chi connectivity index (χ1) is 9.19. The maximum atomic E-state index is 13.3. The first-order valence-corrected chi connectivity index (χ1v) is 9.15. The molecular weight excluding hydrogens is 251 g/mol. The number of hydrogen-bond acceptors (Lipinski definition) is 1. The number of hydrogen-bond donors (Lipinski definition) is 0. The molecule has 2 aromatic rings. The van der Waals surface area contributed by atoms with Gasteiger partial charge in [-0.1, -0.05) is 60.7 Å². The highest BCUT2D eigenvalue weighted by molar-refractivity contribution is 7.64. The van der Waals surface area contributed by atoms with Crippen LogP contribution in [0.1, 0.15) is 35.3 Å². The number of benzene rings is 2. The van der Waals surface area contributed by atoms with Crippen LogP contribution in [0.15, 0.2) is 60.7 Å². The van der Waals surface area contributed by atoms with Gasteiger partial charge in [0, 0.05) is 11.3 Å². The molecule has 0 bridgehead atoms. The van der Waals surface area contributed by atoms with Crippen LogP contribution in [0.25, 0.3) is 0 Å². The van der Waals surface area contributed by atoms with Gasteiger partial charge in [-0.15, -0.1) is 0 Å². The van der Waals surface area contributed by atoms with E-state index in [2.05, 4.69) is 24.3 Å². The van der Waals surface area contributed by atoms with Crippen molar-refractivity contribution in [3.63, 3.8) is 0 Å². The maximum Gasteiger partial charge on any atom is 0.0990 e. The second-order valence-corrected chi connectivity index (χ2v) is 8.85. The van der Waals surface area contributed by atoms with Gasteiger partial charge in [-0.25, -0.2) is 0 Å². The third-order valence-corrected chi connectivity index (χ3v) is 7.91.